The molecular formula is C21H22N4O4S2. The number of carbonyl (C=O) groups excluding carboxylic acids is 3. The maximum absolute atomic E-state index is 12.6. The van der Waals surface area contributed by atoms with E-state index in [1.54, 1.807) is 38.4 Å². The number of likely N-dealkylation sites (N-methyl/N-ethyl adjacent to an activating group) is 1. The number of anilines is 1. The number of nitrogens with zero attached hydrogens (tertiary/aromatic N) is 2. The largest absolute Gasteiger partial charge is 0.484 e. The number of aromatic nitrogens is 1. The van der Waals surface area contributed by atoms with Gasteiger partial charge in [-0.05, 0) is 30.3 Å². The summed E-state index contributed by atoms with van der Waals surface area (Å²) in [5.41, 5.74) is 1.17. The van der Waals surface area contributed by atoms with E-state index in [9.17, 15) is 14.4 Å². The van der Waals surface area contributed by atoms with Crippen LogP contribution in [0.25, 0.3) is 10.6 Å². The third kappa shape index (κ3) is 6.37. The molecule has 0 fully saturated rings. The number of hydrogen-bond donors (Lipinski definition) is 2. The first-order valence-corrected chi connectivity index (χ1v) is 11.0. The average molecular weight is 459 g/mol. The van der Waals surface area contributed by atoms with E-state index in [0.29, 0.717) is 23.0 Å². The van der Waals surface area contributed by atoms with Crippen molar-refractivity contribution in [2.24, 2.45) is 0 Å². The van der Waals surface area contributed by atoms with Gasteiger partial charge in [0.25, 0.3) is 11.8 Å². The molecule has 0 aliphatic rings. The number of thiophene rings is 1. The number of nitrogens with one attached hydrogen (secondary N) is 2. The molecule has 2 N–H and O–H groups in total. The van der Waals surface area contributed by atoms with E-state index >= 15 is 0 Å². The third-order valence-electron chi connectivity index (χ3n) is 4.11. The molecule has 3 aromatic rings. The fourth-order valence-electron chi connectivity index (χ4n) is 2.44. The topological polar surface area (TPSA) is 101 Å². The van der Waals surface area contributed by atoms with Crippen LogP contribution in [0.2, 0.25) is 0 Å². The highest BCUT2D eigenvalue weighted by Gasteiger charge is 2.13. The molecule has 0 saturated carbocycles. The van der Waals surface area contributed by atoms with Crippen LogP contribution in [0, 0.1) is 0 Å². The molecule has 8 nitrogen and oxygen atoms in total. The lowest BCUT2D eigenvalue weighted by Crippen LogP contribution is -2.27. The van der Waals surface area contributed by atoms with Gasteiger partial charge in [0.2, 0.25) is 5.91 Å². The second-order valence-corrected chi connectivity index (χ2v) is 8.80. The first-order chi connectivity index (χ1) is 14.8. The molecule has 0 spiro atoms. The minimum atomic E-state index is -0.317. The van der Waals surface area contributed by atoms with Crippen molar-refractivity contribution in [3.63, 3.8) is 0 Å². The molecule has 0 saturated heterocycles. The highest BCUT2D eigenvalue weighted by atomic mass is 32.1. The first kappa shape index (κ1) is 22.4. The van der Waals surface area contributed by atoms with Crippen molar-refractivity contribution >= 4 is 45.5 Å². The molecule has 31 heavy (non-hydrogen) atoms. The van der Waals surface area contributed by atoms with Gasteiger partial charge < -0.3 is 15.0 Å². The molecule has 2 heterocycles. The summed E-state index contributed by atoms with van der Waals surface area (Å²) in [5, 5.41) is 7.91. The van der Waals surface area contributed by atoms with E-state index in [-0.39, 0.29) is 24.3 Å². The average Bonchev–Trinajstić information content (AvgIpc) is 3.40. The normalized spacial score (nSPS) is 10.4. The molecule has 162 valence electrons. The summed E-state index contributed by atoms with van der Waals surface area (Å²) < 4.78 is 5.46. The Labute approximate surface area is 187 Å². The molecule has 3 amide bonds. The van der Waals surface area contributed by atoms with E-state index < -0.39 is 0 Å². The van der Waals surface area contributed by atoms with Crippen LogP contribution in [0.5, 0.6) is 5.75 Å². The van der Waals surface area contributed by atoms with Crippen molar-refractivity contribution in [1.29, 1.82) is 0 Å². The van der Waals surface area contributed by atoms with Crippen molar-refractivity contribution in [3.8, 4) is 16.3 Å². The molecule has 0 atom stereocenters. The van der Waals surface area contributed by atoms with Gasteiger partial charge in [0.15, 0.2) is 11.7 Å². The van der Waals surface area contributed by atoms with Gasteiger partial charge in [0, 0.05) is 36.8 Å². The monoisotopic (exact) mass is 458 g/mol. The summed E-state index contributed by atoms with van der Waals surface area (Å²) in [5.74, 6) is -0.123. The highest BCUT2D eigenvalue weighted by Crippen LogP contribution is 2.31. The lowest BCUT2D eigenvalue weighted by Gasteiger charge is -2.11. The van der Waals surface area contributed by atoms with Gasteiger partial charge in [0.05, 0.1) is 17.1 Å². The predicted molar refractivity (Wildman–Crippen MR) is 122 cm³/mol. The number of thiazole rings is 1. The maximum atomic E-state index is 12.6. The molecule has 0 bridgehead atoms. The van der Waals surface area contributed by atoms with Crippen LogP contribution >= 0.6 is 22.7 Å². The zero-order valence-electron chi connectivity index (χ0n) is 17.3. The fraction of sp³-hybridized carbons (Fsp3) is 0.238. The van der Waals surface area contributed by atoms with Gasteiger partial charge in [-0.2, -0.15) is 0 Å². The number of benzene rings is 1. The molecule has 0 unspecified atom stereocenters. The molecule has 1 aromatic carbocycles. The standard InChI is InChI=1S/C21H22N4O4S2/c1-13(26)22-10-16-7-8-18(31-16)17-12-30-21(23-17)24-20(28)14-5-4-6-15(9-14)29-11-19(27)25(2)3/h4-9,12H,10-11H2,1-3H3,(H,22,26)(H,23,24,28). The van der Waals surface area contributed by atoms with Crippen molar-refractivity contribution in [1.82, 2.24) is 15.2 Å². The van der Waals surface area contributed by atoms with Gasteiger partial charge in [0.1, 0.15) is 5.75 Å². The maximum Gasteiger partial charge on any atom is 0.259 e. The third-order valence-corrected chi connectivity index (χ3v) is 5.97. The van der Waals surface area contributed by atoms with Gasteiger partial charge in [-0.1, -0.05) is 6.07 Å². The first-order valence-electron chi connectivity index (χ1n) is 9.35. The van der Waals surface area contributed by atoms with Crippen LogP contribution < -0.4 is 15.4 Å². The summed E-state index contributed by atoms with van der Waals surface area (Å²) >= 11 is 2.87. The van der Waals surface area contributed by atoms with Crippen molar-refractivity contribution in [2.75, 3.05) is 26.0 Å². The molecule has 0 aliphatic heterocycles. The zero-order valence-corrected chi connectivity index (χ0v) is 18.9. The molecule has 0 radical (unpaired) electrons. The zero-order chi connectivity index (χ0) is 22.4. The molecular weight excluding hydrogens is 436 g/mol. The Morgan fingerprint density at radius 2 is 1.97 bits per heavy atom. The Morgan fingerprint density at radius 1 is 1.16 bits per heavy atom. The van der Waals surface area contributed by atoms with Gasteiger partial charge >= 0.3 is 0 Å². The number of amides is 3. The van der Waals surface area contributed by atoms with E-state index in [2.05, 4.69) is 15.6 Å². The van der Waals surface area contributed by atoms with Gasteiger partial charge in [-0.15, -0.1) is 22.7 Å². The minimum Gasteiger partial charge on any atom is -0.484 e. The number of hydrogen-bond acceptors (Lipinski definition) is 7. The van der Waals surface area contributed by atoms with Crippen LogP contribution in [0.1, 0.15) is 22.2 Å². The van der Waals surface area contributed by atoms with Crippen molar-refractivity contribution < 1.29 is 19.1 Å². The lowest BCUT2D eigenvalue weighted by molar-refractivity contribution is -0.130. The Morgan fingerprint density at radius 3 is 2.71 bits per heavy atom. The predicted octanol–water partition coefficient (Wildman–Crippen LogP) is 3.23. The summed E-state index contributed by atoms with van der Waals surface area (Å²) in [7, 11) is 3.30. The lowest BCUT2D eigenvalue weighted by atomic mass is 10.2. The minimum absolute atomic E-state index is 0.0765. The van der Waals surface area contributed by atoms with Crippen LogP contribution in [0.15, 0.2) is 41.8 Å². The second kappa shape index (κ2) is 10.2. The van der Waals surface area contributed by atoms with Crippen LogP contribution in [-0.4, -0.2) is 48.3 Å². The fourth-order valence-corrected chi connectivity index (χ4v) is 4.13. The SMILES string of the molecule is CC(=O)NCc1ccc(-c2csc(NC(=O)c3cccc(OCC(=O)N(C)C)c3)n2)s1. The summed E-state index contributed by atoms with van der Waals surface area (Å²) in [6.45, 7) is 1.86. The molecule has 10 heteroatoms. The Kier molecular flexibility index (Phi) is 7.37. The number of ether oxygens (including phenoxy) is 1. The van der Waals surface area contributed by atoms with E-state index in [0.717, 1.165) is 15.4 Å². The molecule has 3 rings (SSSR count). The van der Waals surface area contributed by atoms with Gasteiger partial charge in [-0.25, -0.2) is 4.98 Å². The Hall–Kier alpha value is -3.24. The second-order valence-electron chi connectivity index (χ2n) is 6.77. The quantitative estimate of drug-likeness (QED) is 0.540. The Bertz CT molecular complexity index is 1090. The molecule has 0 aliphatic carbocycles. The van der Waals surface area contributed by atoms with E-state index in [4.69, 9.17) is 4.74 Å². The van der Waals surface area contributed by atoms with Crippen LogP contribution in [-0.2, 0) is 16.1 Å². The van der Waals surface area contributed by atoms with E-state index in [1.807, 2.05) is 17.5 Å². The smallest absolute Gasteiger partial charge is 0.259 e. The van der Waals surface area contributed by atoms with E-state index in [1.165, 1.54) is 34.5 Å². The summed E-state index contributed by atoms with van der Waals surface area (Å²) in [4.78, 5) is 43.2. The highest BCUT2D eigenvalue weighted by molar-refractivity contribution is 7.17. The van der Waals surface area contributed by atoms with Gasteiger partial charge in [-0.3, -0.25) is 19.7 Å². The van der Waals surface area contributed by atoms with Crippen LogP contribution in [0.3, 0.4) is 0 Å². The van der Waals surface area contributed by atoms with Crippen molar-refractivity contribution in [3.05, 3.63) is 52.2 Å². The summed E-state index contributed by atoms with van der Waals surface area (Å²) in [6.07, 6.45) is 0. The molecule has 2 aromatic heterocycles. The van der Waals surface area contributed by atoms with Crippen molar-refractivity contribution in [2.45, 2.75) is 13.5 Å². The number of rotatable bonds is 8. The summed E-state index contributed by atoms with van der Waals surface area (Å²) in [6, 6.07) is 10.5. The Balaban J connectivity index is 1.62. The number of carbonyl (C=O) groups is 3. The van der Waals surface area contributed by atoms with Crippen LogP contribution in [0.4, 0.5) is 5.13 Å².